The summed E-state index contributed by atoms with van der Waals surface area (Å²) in [4.78, 5) is 44.9. The molecule has 0 heterocycles. The number of carbonyl (C=O) groups excluding carboxylic acids is 2. The number of ether oxygens (including phenoxy) is 2. The summed E-state index contributed by atoms with van der Waals surface area (Å²) < 4.78 is 9.81. The molecule has 2 aromatic rings. The van der Waals surface area contributed by atoms with E-state index in [4.69, 9.17) is 14.6 Å². The number of carbonyl (C=O) groups is 4. The van der Waals surface area contributed by atoms with E-state index in [9.17, 15) is 24.3 Å². The number of rotatable bonds is 6. The van der Waals surface area contributed by atoms with Gasteiger partial charge in [0.15, 0.2) is 0 Å². The lowest BCUT2D eigenvalue weighted by molar-refractivity contribution is -0.132. The van der Waals surface area contributed by atoms with E-state index in [0.29, 0.717) is 11.1 Å². The monoisotopic (exact) mass is 372 g/mol. The van der Waals surface area contributed by atoms with Crippen molar-refractivity contribution in [2.75, 3.05) is 0 Å². The van der Waals surface area contributed by atoms with Crippen molar-refractivity contribution in [2.45, 2.75) is 20.3 Å². The number of hydrogen-bond donors (Lipinski definition) is 2. The Kier molecular flexibility index (Phi) is 5.92. The third-order valence-electron chi connectivity index (χ3n) is 3.47. The first kappa shape index (κ1) is 19.6. The van der Waals surface area contributed by atoms with Crippen molar-refractivity contribution in [2.24, 2.45) is 0 Å². The molecule has 0 unspecified atom stereocenters. The molecule has 2 rings (SSSR count). The molecular formula is C19H16O8. The Morgan fingerprint density at radius 1 is 0.741 bits per heavy atom. The molecule has 8 heteroatoms. The van der Waals surface area contributed by atoms with Crippen LogP contribution in [-0.4, -0.2) is 34.1 Å². The lowest BCUT2D eigenvalue weighted by Crippen LogP contribution is -2.09. The molecule has 0 aliphatic heterocycles. The third-order valence-corrected chi connectivity index (χ3v) is 3.47. The molecule has 2 aromatic carbocycles. The molecular weight excluding hydrogens is 356 g/mol. The Bertz CT molecular complexity index is 929. The van der Waals surface area contributed by atoms with Gasteiger partial charge in [0, 0.05) is 13.8 Å². The van der Waals surface area contributed by atoms with E-state index in [1.165, 1.54) is 37.3 Å². The first-order valence-corrected chi connectivity index (χ1v) is 7.76. The fourth-order valence-corrected chi connectivity index (χ4v) is 2.43. The second-order valence-electron chi connectivity index (χ2n) is 5.64. The SMILES string of the molecule is CC(=O)Oc1cc(Cc2ccc(OC(C)=O)c(C(=O)O)c2)ccc1C(=O)O. The van der Waals surface area contributed by atoms with Gasteiger partial charge in [0.1, 0.15) is 22.6 Å². The lowest BCUT2D eigenvalue weighted by Gasteiger charge is -2.11. The zero-order valence-electron chi connectivity index (χ0n) is 14.5. The highest BCUT2D eigenvalue weighted by Gasteiger charge is 2.16. The number of hydrogen-bond acceptors (Lipinski definition) is 6. The Morgan fingerprint density at radius 3 is 1.81 bits per heavy atom. The second-order valence-corrected chi connectivity index (χ2v) is 5.64. The summed E-state index contributed by atoms with van der Waals surface area (Å²) in [6.07, 6.45) is 0.245. The molecule has 0 fully saturated rings. The third kappa shape index (κ3) is 5.15. The highest BCUT2D eigenvalue weighted by Crippen LogP contribution is 2.25. The number of carboxylic acids is 2. The van der Waals surface area contributed by atoms with Gasteiger partial charge in [0.2, 0.25) is 0 Å². The molecule has 0 radical (unpaired) electrons. The maximum absolute atomic E-state index is 11.4. The van der Waals surface area contributed by atoms with Gasteiger partial charge in [0.05, 0.1) is 0 Å². The Balaban J connectivity index is 2.37. The number of aromatic carboxylic acids is 2. The fraction of sp³-hybridized carbons (Fsp3) is 0.158. The molecule has 0 atom stereocenters. The predicted octanol–water partition coefficient (Wildman–Crippen LogP) is 2.52. The van der Waals surface area contributed by atoms with Crippen LogP contribution in [0.15, 0.2) is 36.4 Å². The summed E-state index contributed by atoms with van der Waals surface area (Å²) in [7, 11) is 0. The number of benzene rings is 2. The zero-order chi connectivity index (χ0) is 20.1. The van der Waals surface area contributed by atoms with Gasteiger partial charge >= 0.3 is 23.9 Å². The summed E-state index contributed by atoms with van der Waals surface area (Å²) in [5.41, 5.74) is 0.850. The van der Waals surface area contributed by atoms with Crippen LogP contribution in [0.25, 0.3) is 0 Å². The first-order chi connectivity index (χ1) is 12.7. The normalized spacial score (nSPS) is 10.1. The van der Waals surface area contributed by atoms with Crippen molar-refractivity contribution >= 4 is 23.9 Å². The van der Waals surface area contributed by atoms with Crippen molar-refractivity contribution in [1.82, 2.24) is 0 Å². The molecule has 0 saturated heterocycles. The maximum atomic E-state index is 11.4. The van der Waals surface area contributed by atoms with Gasteiger partial charge < -0.3 is 19.7 Å². The average Bonchev–Trinajstić information content (AvgIpc) is 2.55. The molecule has 2 N–H and O–H groups in total. The van der Waals surface area contributed by atoms with Crippen molar-refractivity contribution in [3.63, 3.8) is 0 Å². The smallest absolute Gasteiger partial charge is 0.339 e. The topological polar surface area (TPSA) is 127 Å². The van der Waals surface area contributed by atoms with Gasteiger partial charge in [-0.05, 0) is 41.8 Å². The number of carboxylic acid groups (broad SMARTS) is 2. The van der Waals surface area contributed by atoms with Crippen LogP contribution < -0.4 is 9.47 Å². The Hall–Kier alpha value is -3.68. The van der Waals surface area contributed by atoms with Crippen molar-refractivity contribution in [1.29, 1.82) is 0 Å². The molecule has 27 heavy (non-hydrogen) atoms. The van der Waals surface area contributed by atoms with E-state index in [2.05, 4.69) is 0 Å². The number of esters is 2. The summed E-state index contributed by atoms with van der Waals surface area (Å²) in [5.74, 6) is -3.95. The molecule has 0 amide bonds. The maximum Gasteiger partial charge on any atom is 0.339 e. The highest BCUT2D eigenvalue weighted by molar-refractivity contribution is 5.93. The summed E-state index contributed by atoms with van der Waals surface area (Å²) in [6.45, 7) is 2.32. The van der Waals surface area contributed by atoms with Crippen LogP contribution in [0, 0.1) is 0 Å². The van der Waals surface area contributed by atoms with Crippen LogP contribution in [0.1, 0.15) is 45.7 Å². The molecule has 0 bridgehead atoms. The molecule has 0 aliphatic carbocycles. The summed E-state index contributed by atoms with van der Waals surface area (Å²) >= 11 is 0. The van der Waals surface area contributed by atoms with Gasteiger partial charge in [-0.15, -0.1) is 0 Å². The summed E-state index contributed by atoms with van der Waals surface area (Å²) in [5, 5.41) is 18.5. The van der Waals surface area contributed by atoms with Crippen LogP contribution in [0.3, 0.4) is 0 Å². The first-order valence-electron chi connectivity index (χ1n) is 7.76. The quantitative estimate of drug-likeness (QED) is 0.585. The van der Waals surface area contributed by atoms with Crippen molar-refractivity contribution < 1.29 is 38.9 Å². The minimum atomic E-state index is -1.25. The second kappa shape index (κ2) is 8.13. The lowest BCUT2D eigenvalue weighted by atomic mass is 10.0. The van der Waals surface area contributed by atoms with E-state index in [-0.39, 0.29) is 29.0 Å². The highest BCUT2D eigenvalue weighted by atomic mass is 16.5. The molecule has 8 nitrogen and oxygen atoms in total. The molecule has 0 spiro atoms. The Labute approximate surface area is 154 Å². The van der Waals surface area contributed by atoms with E-state index in [0.717, 1.165) is 6.92 Å². The fourth-order valence-electron chi connectivity index (χ4n) is 2.43. The van der Waals surface area contributed by atoms with Crippen molar-refractivity contribution in [3.05, 3.63) is 58.7 Å². The van der Waals surface area contributed by atoms with Crippen molar-refractivity contribution in [3.8, 4) is 11.5 Å². The molecule has 140 valence electrons. The molecule has 0 aromatic heterocycles. The van der Waals surface area contributed by atoms with Crippen LogP contribution in [0.2, 0.25) is 0 Å². The van der Waals surface area contributed by atoms with Gasteiger partial charge in [-0.2, -0.15) is 0 Å². The van der Waals surface area contributed by atoms with E-state index >= 15 is 0 Å². The minimum absolute atomic E-state index is 0.0689. The van der Waals surface area contributed by atoms with Gasteiger partial charge in [0.25, 0.3) is 0 Å². The molecule has 0 aliphatic rings. The van der Waals surface area contributed by atoms with E-state index < -0.39 is 23.9 Å². The molecule has 0 saturated carbocycles. The van der Waals surface area contributed by atoms with Crippen LogP contribution in [0.4, 0.5) is 0 Å². The zero-order valence-corrected chi connectivity index (χ0v) is 14.5. The minimum Gasteiger partial charge on any atom is -0.478 e. The van der Waals surface area contributed by atoms with Gasteiger partial charge in [-0.1, -0.05) is 12.1 Å². The van der Waals surface area contributed by atoms with Gasteiger partial charge in [-0.25, -0.2) is 9.59 Å². The van der Waals surface area contributed by atoms with E-state index in [1.54, 1.807) is 6.07 Å². The Morgan fingerprint density at radius 2 is 1.26 bits per heavy atom. The van der Waals surface area contributed by atoms with Crippen LogP contribution in [-0.2, 0) is 16.0 Å². The van der Waals surface area contributed by atoms with Crippen LogP contribution >= 0.6 is 0 Å². The largest absolute Gasteiger partial charge is 0.478 e. The average molecular weight is 372 g/mol. The van der Waals surface area contributed by atoms with E-state index in [1.807, 2.05) is 0 Å². The standard InChI is InChI=1S/C19H16O8/c1-10(20)26-16-6-4-12(8-15(16)19(24)25)7-13-3-5-14(18(22)23)17(9-13)27-11(2)21/h3-6,8-9H,7H2,1-2H3,(H,22,23)(H,24,25). The predicted molar refractivity (Wildman–Crippen MR) is 92.2 cm³/mol. The summed E-state index contributed by atoms with van der Waals surface area (Å²) in [6, 6.07) is 8.57. The van der Waals surface area contributed by atoms with Gasteiger partial charge in [-0.3, -0.25) is 9.59 Å². The van der Waals surface area contributed by atoms with Crippen LogP contribution in [0.5, 0.6) is 11.5 Å².